The van der Waals surface area contributed by atoms with Gasteiger partial charge in [-0.2, -0.15) is 0 Å². The number of rotatable bonds is 2. The van der Waals surface area contributed by atoms with E-state index < -0.39 is 0 Å². The molecule has 1 aliphatic heterocycles. The summed E-state index contributed by atoms with van der Waals surface area (Å²) in [5, 5.41) is 2.97. The molecule has 1 saturated carbocycles. The van der Waals surface area contributed by atoms with Crippen molar-refractivity contribution in [2.24, 2.45) is 11.8 Å². The maximum absolute atomic E-state index is 12.4. The van der Waals surface area contributed by atoms with Crippen molar-refractivity contribution in [3.8, 4) is 0 Å². The van der Waals surface area contributed by atoms with Crippen molar-refractivity contribution in [3.05, 3.63) is 23.9 Å². The third kappa shape index (κ3) is 1.96. The van der Waals surface area contributed by atoms with Crippen LogP contribution in [0.5, 0.6) is 0 Å². The lowest BCUT2D eigenvalue weighted by molar-refractivity contribution is 0.0780. The van der Waals surface area contributed by atoms with Gasteiger partial charge in [-0.25, -0.2) is 4.98 Å². The standard InChI is InChI=1S/C14H19N3O/c1-15-13-7-10(5-6-16-13)14(18)17-8-11-3-2-4-12(11)9-17/h5-7,11-12H,2-4,8-9H2,1H3,(H,15,16). The highest BCUT2D eigenvalue weighted by Gasteiger charge is 2.38. The molecule has 4 heteroatoms. The van der Waals surface area contributed by atoms with Gasteiger partial charge in [0.2, 0.25) is 0 Å². The van der Waals surface area contributed by atoms with Crippen LogP contribution < -0.4 is 5.32 Å². The highest BCUT2D eigenvalue weighted by Crippen LogP contribution is 2.38. The average molecular weight is 245 g/mol. The summed E-state index contributed by atoms with van der Waals surface area (Å²) >= 11 is 0. The minimum atomic E-state index is 0.156. The number of nitrogens with one attached hydrogen (secondary N) is 1. The lowest BCUT2D eigenvalue weighted by atomic mass is 10.0. The van der Waals surface area contributed by atoms with Crippen LogP contribution in [0.3, 0.4) is 0 Å². The van der Waals surface area contributed by atoms with Gasteiger partial charge in [-0.1, -0.05) is 6.42 Å². The molecule has 2 atom stereocenters. The Balaban J connectivity index is 1.74. The van der Waals surface area contributed by atoms with Crippen LogP contribution in [0.25, 0.3) is 0 Å². The van der Waals surface area contributed by atoms with E-state index in [0.29, 0.717) is 0 Å². The van der Waals surface area contributed by atoms with Gasteiger partial charge >= 0.3 is 0 Å². The molecule has 2 heterocycles. The van der Waals surface area contributed by atoms with E-state index in [-0.39, 0.29) is 5.91 Å². The fourth-order valence-electron chi connectivity index (χ4n) is 3.28. The summed E-state index contributed by atoms with van der Waals surface area (Å²) < 4.78 is 0. The minimum Gasteiger partial charge on any atom is -0.373 e. The molecule has 2 aliphatic rings. The Bertz CT molecular complexity index is 448. The van der Waals surface area contributed by atoms with Crippen molar-refractivity contribution in [1.29, 1.82) is 0 Å². The maximum atomic E-state index is 12.4. The first-order chi connectivity index (χ1) is 8.78. The number of amides is 1. The third-order valence-corrected chi connectivity index (χ3v) is 4.28. The highest BCUT2D eigenvalue weighted by atomic mass is 16.2. The smallest absolute Gasteiger partial charge is 0.254 e. The zero-order valence-electron chi connectivity index (χ0n) is 10.7. The van der Waals surface area contributed by atoms with Gasteiger partial charge in [0.1, 0.15) is 5.82 Å². The number of aromatic nitrogens is 1. The molecule has 0 aromatic carbocycles. The first-order valence-corrected chi connectivity index (χ1v) is 6.71. The highest BCUT2D eigenvalue weighted by molar-refractivity contribution is 5.95. The lowest BCUT2D eigenvalue weighted by Gasteiger charge is -2.17. The first kappa shape index (κ1) is 11.5. The Morgan fingerprint density at radius 2 is 2.11 bits per heavy atom. The van der Waals surface area contributed by atoms with Crippen LogP contribution >= 0.6 is 0 Å². The lowest BCUT2D eigenvalue weighted by Crippen LogP contribution is -2.29. The summed E-state index contributed by atoms with van der Waals surface area (Å²) in [6.45, 7) is 1.89. The fraction of sp³-hybridized carbons (Fsp3) is 0.571. The zero-order valence-corrected chi connectivity index (χ0v) is 10.7. The number of hydrogen-bond acceptors (Lipinski definition) is 3. The predicted octanol–water partition coefficient (Wildman–Crippen LogP) is 2.00. The van der Waals surface area contributed by atoms with Gasteiger partial charge in [0.25, 0.3) is 5.91 Å². The van der Waals surface area contributed by atoms with Crippen molar-refractivity contribution in [2.45, 2.75) is 19.3 Å². The van der Waals surface area contributed by atoms with Gasteiger partial charge in [-0.15, -0.1) is 0 Å². The molecule has 18 heavy (non-hydrogen) atoms. The van der Waals surface area contributed by atoms with Gasteiger partial charge in [0.05, 0.1) is 0 Å². The molecule has 1 aliphatic carbocycles. The van der Waals surface area contributed by atoms with Crippen LogP contribution in [-0.4, -0.2) is 35.9 Å². The molecule has 0 radical (unpaired) electrons. The molecular formula is C14H19N3O. The SMILES string of the molecule is CNc1cc(C(=O)N2CC3CCCC3C2)ccn1. The van der Waals surface area contributed by atoms with E-state index in [9.17, 15) is 4.79 Å². The van der Waals surface area contributed by atoms with Gasteiger partial charge < -0.3 is 10.2 Å². The van der Waals surface area contributed by atoms with Crippen LogP contribution in [-0.2, 0) is 0 Å². The Morgan fingerprint density at radius 3 is 2.78 bits per heavy atom. The van der Waals surface area contributed by atoms with E-state index >= 15 is 0 Å². The van der Waals surface area contributed by atoms with Gasteiger partial charge in [-0.3, -0.25) is 4.79 Å². The largest absolute Gasteiger partial charge is 0.373 e. The Kier molecular flexibility index (Phi) is 2.94. The monoisotopic (exact) mass is 245 g/mol. The summed E-state index contributed by atoms with van der Waals surface area (Å²) in [5.74, 6) is 2.41. The molecular weight excluding hydrogens is 226 g/mol. The molecule has 96 valence electrons. The summed E-state index contributed by atoms with van der Waals surface area (Å²) in [7, 11) is 1.82. The molecule has 1 saturated heterocycles. The molecule has 2 fully saturated rings. The van der Waals surface area contributed by atoms with E-state index in [4.69, 9.17) is 0 Å². The molecule has 0 bridgehead atoms. The second-order valence-corrected chi connectivity index (χ2v) is 5.34. The van der Waals surface area contributed by atoms with Crippen LogP contribution in [0.15, 0.2) is 18.3 Å². The number of pyridine rings is 1. The number of likely N-dealkylation sites (tertiary alicyclic amines) is 1. The Hall–Kier alpha value is -1.58. The number of nitrogens with zero attached hydrogens (tertiary/aromatic N) is 2. The van der Waals surface area contributed by atoms with E-state index in [1.165, 1.54) is 19.3 Å². The second-order valence-electron chi connectivity index (χ2n) is 5.34. The van der Waals surface area contributed by atoms with Crippen molar-refractivity contribution in [1.82, 2.24) is 9.88 Å². The van der Waals surface area contributed by atoms with Gasteiger partial charge in [0, 0.05) is 31.9 Å². The summed E-state index contributed by atoms with van der Waals surface area (Å²) in [4.78, 5) is 18.6. The molecule has 2 unspecified atom stereocenters. The van der Waals surface area contributed by atoms with E-state index in [1.54, 1.807) is 12.3 Å². The minimum absolute atomic E-state index is 0.156. The van der Waals surface area contributed by atoms with E-state index in [0.717, 1.165) is 36.3 Å². The first-order valence-electron chi connectivity index (χ1n) is 6.71. The second kappa shape index (κ2) is 4.59. The van der Waals surface area contributed by atoms with Crippen LogP contribution in [0.2, 0.25) is 0 Å². The summed E-state index contributed by atoms with van der Waals surface area (Å²) in [5.41, 5.74) is 0.745. The van der Waals surface area contributed by atoms with Gasteiger partial charge in [0.15, 0.2) is 0 Å². The van der Waals surface area contributed by atoms with Crippen molar-refractivity contribution in [3.63, 3.8) is 0 Å². The molecule has 4 nitrogen and oxygen atoms in total. The predicted molar refractivity (Wildman–Crippen MR) is 70.5 cm³/mol. The van der Waals surface area contributed by atoms with Crippen LogP contribution in [0.1, 0.15) is 29.6 Å². The number of anilines is 1. The third-order valence-electron chi connectivity index (χ3n) is 4.28. The topological polar surface area (TPSA) is 45.2 Å². The van der Waals surface area contributed by atoms with Crippen LogP contribution in [0.4, 0.5) is 5.82 Å². The molecule has 1 N–H and O–H groups in total. The Morgan fingerprint density at radius 1 is 1.39 bits per heavy atom. The van der Waals surface area contributed by atoms with Crippen molar-refractivity contribution in [2.75, 3.05) is 25.5 Å². The zero-order chi connectivity index (χ0) is 12.5. The number of carbonyl (C=O) groups is 1. The van der Waals surface area contributed by atoms with E-state index in [2.05, 4.69) is 10.3 Å². The fourth-order valence-corrected chi connectivity index (χ4v) is 3.28. The van der Waals surface area contributed by atoms with Crippen molar-refractivity contribution < 1.29 is 4.79 Å². The summed E-state index contributed by atoms with van der Waals surface area (Å²) in [6.07, 6.45) is 5.63. The quantitative estimate of drug-likeness (QED) is 0.866. The number of carbonyl (C=O) groups excluding carboxylic acids is 1. The molecule has 3 rings (SSSR count). The number of fused-ring (bicyclic) bond motifs is 1. The molecule has 1 aromatic rings. The van der Waals surface area contributed by atoms with E-state index in [1.807, 2.05) is 18.0 Å². The van der Waals surface area contributed by atoms with Crippen LogP contribution in [0, 0.1) is 11.8 Å². The molecule has 1 amide bonds. The Labute approximate surface area is 107 Å². The molecule has 0 spiro atoms. The average Bonchev–Trinajstić information content (AvgIpc) is 2.98. The normalized spacial score (nSPS) is 26.2. The summed E-state index contributed by atoms with van der Waals surface area (Å²) in [6, 6.07) is 3.63. The van der Waals surface area contributed by atoms with Crippen molar-refractivity contribution >= 4 is 11.7 Å². The molecule has 1 aromatic heterocycles. The maximum Gasteiger partial charge on any atom is 0.254 e. The number of hydrogen-bond donors (Lipinski definition) is 1. The van der Waals surface area contributed by atoms with Gasteiger partial charge in [-0.05, 0) is 36.8 Å².